The van der Waals surface area contributed by atoms with Crippen molar-refractivity contribution in [1.82, 2.24) is 0 Å². The molecule has 2 N–H and O–H groups in total. The molecule has 0 bridgehead atoms. The van der Waals surface area contributed by atoms with Crippen LogP contribution in [-0.2, 0) is 6.42 Å². The molecule has 2 rings (SSSR count). The summed E-state index contributed by atoms with van der Waals surface area (Å²) in [5, 5.41) is 1.90. The van der Waals surface area contributed by atoms with Gasteiger partial charge in [-0.3, -0.25) is 0 Å². The predicted molar refractivity (Wildman–Crippen MR) is 84.7 cm³/mol. The minimum atomic E-state index is 0.362. The van der Waals surface area contributed by atoms with Crippen molar-refractivity contribution in [2.24, 2.45) is 5.73 Å². The molecule has 0 aliphatic carbocycles. The molecule has 0 fully saturated rings. The van der Waals surface area contributed by atoms with Crippen LogP contribution in [0.2, 0.25) is 20.1 Å². The molecule has 1 nitrogen and oxygen atoms in total. The SMILES string of the molecule is NCCc1cc(Cl)ccc1-c1cc(Cl)c(Cl)c(Cl)c1. The second kappa shape index (κ2) is 6.34. The van der Waals surface area contributed by atoms with Gasteiger partial charge in [-0.1, -0.05) is 52.5 Å². The number of halogens is 4. The Kier molecular flexibility index (Phi) is 4.99. The average Bonchev–Trinajstić information content (AvgIpc) is 2.36. The first kappa shape index (κ1) is 15.0. The van der Waals surface area contributed by atoms with E-state index in [1.165, 1.54) is 0 Å². The Morgan fingerprint density at radius 1 is 0.895 bits per heavy atom. The van der Waals surface area contributed by atoms with Gasteiger partial charge in [0.25, 0.3) is 0 Å². The number of nitrogens with two attached hydrogens (primary N) is 1. The first-order valence-corrected chi connectivity index (χ1v) is 7.17. The maximum atomic E-state index is 6.06. The first-order chi connectivity index (χ1) is 9.02. The summed E-state index contributed by atoms with van der Waals surface area (Å²) in [7, 11) is 0. The van der Waals surface area contributed by atoms with Crippen molar-refractivity contribution in [3.63, 3.8) is 0 Å². The average molecular weight is 335 g/mol. The summed E-state index contributed by atoms with van der Waals surface area (Å²) in [6.45, 7) is 0.544. The van der Waals surface area contributed by atoms with Gasteiger partial charge < -0.3 is 5.73 Å². The summed E-state index contributed by atoms with van der Waals surface area (Å²) < 4.78 is 0. The van der Waals surface area contributed by atoms with Crippen LogP contribution < -0.4 is 5.73 Å². The third-order valence-corrected chi connectivity index (χ3v) is 4.21. The summed E-state index contributed by atoms with van der Waals surface area (Å²) in [4.78, 5) is 0. The Morgan fingerprint density at radius 2 is 1.53 bits per heavy atom. The van der Waals surface area contributed by atoms with E-state index in [4.69, 9.17) is 52.1 Å². The van der Waals surface area contributed by atoms with Crippen LogP contribution in [0.25, 0.3) is 11.1 Å². The molecule has 0 heterocycles. The zero-order valence-corrected chi connectivity index (χ0v) is 12.9. The third kappa shape index (κ3) is 3.36. The van der Waals surface area contributed by atoms with E-state index in [-0.39, 0.29) is 0 Å². The highest BCUT2D eigenvalue weighted by Gasteiger charge is 2.10. The topological polar surface area (TPSA) is 26.0 Å². The summed E-state index contributed by atoms with van der Waals surface area (Å²) in [5.74, 6) is 0. The standard InChI is InChI=1S/C14H11Cl4N/c15-10-1-2-11(8(5-10)3-4-19)9-6-12(16)14(18)13(17)7-9/h1-2,5-7H,3-4,19H2. The van der Waals surface area contributed by atoms with E-state index in [1.54, 1.807) is 12.1 Å². The summed E-state index contributed by atoms with van der Waals surface area (Å²) in [5.41, 5.74) is 8.60. The molecule has 0 aliphatic heterocycles. The monoisotopic (exact) mass is 333 g/mol. The van der Waals surface area contributed by atoms with Crippen LogP contribution in [0, 0.1) is 0 Å². The van der Waals surface area contributed by atoms with Crippen LogP contribution in [0.3, 0.4) is 0 Å². The van der Waals surface area contributed by atoms with Gasteiger partial charge in [0.2, 0.25) is 0 Å². The van der Waals surface area contributed by atoms with Crippen molar-refractivity contribution in [3.8, 4) is 11.1 Å². The van der Waals surface area contributed by atoms with E-state index in [0.29, 0.717) is 26.6 Å². The van der Waals surface area contributed by atoms with Crippen molar-refractivity contribution >= 4 is 46.4 Å². The number of hydrogen-bond acceptors (Lipinski definition) is 1. The quantitative estimate of drug-likeness (QED) is 0.740. The molecule has 0 aromatic heterocycles. The van der Waals surface area contributed by atoms with Gasteiger partial charge in [0, 0.05) is 5.02 Å². The molecule has 0 saturated carbocycles. The fraction of sp³-hybridized carbons (Fsp3) is 0.143. The Hall–Kier alpha value is -0.440. The van der Waals surface area contributed by atoms with Crippen LogP contribution in [0.4, 0.5) is 0 Å². The summed E-state index contributed by atoms with van der Waals surface area (Å²) in [6, 6.07) is 9.24. The van der Waals surface area contributed by atoms with Crippen molar-refractivity contribution in [2.45, 2.75) is 6.42 Å². The normalized spacial score (nSPS) is 10.8. The number of hydrogen-bond donors (Lipinski definition) is 1. The van der Waals surface area contributed by atoms with Gasteiger partial charge in [-0.2, -0.15) is 0 Å². The highest BCUT2D eigenvalue weighted by atomic mass is 35.5. The number of rotatable bonds is 3. The van der Waals surface area contributed by atoms with E-state index >= 15 is 0 Å². The van der Waals surface area contributed by atoms with E-state index in [2.05, 4.69) is 0 Å². The lowest BCUT2D eigenvalue weighted by atomic mass is 9.98. The van der Waals surface area contributed by atoms with E-state index < -0.39 is 0 Å². The Morgan fingerprint density at radius 3 is 2.11 bits per heavy atom. The Bertz CT molecular complexity index is 587. The minimum Gasteiger partial charge on any atom is -0.330 e. The molecule has 2 aromatic carbocycles. The Labute approximate surface area is 132 Å². The van der Waals surface area contributed by atoms with E-state index in [1.807, 2.05) is 18.2 Å². The van der Waals surface area contributed by atoms with Crippen molar-refractivity contribution < 1.29 is 0 Å². The molecule has 2 aromatic rings. The van der Waals surface area contributed by atoms with Crippen LogP contribution in [0.1, 0.15) is 5.56 Å². The van der Waals surface area contributed by atoms with E-state index in [0.717, 1.165) is 23.1 Å². The van der Waals surface area contributed by atoms with Gasteiger partial charge in [-0.05, 0) is 53.9 Å². The predicted octanol–water partition coefficient (Wildman–Crippen LogP) is 5.47. The molecule has 0 radical (unpaired) electrons. The highest BCUT2D eigenvalue weighted by Crippen LogP contribution is 2.36. The molecule has 19 heavy (non-hydrogen) atoms. The van der Waals surface area contributed by atoms with Crippen molar-refractivity contribution in [3.05, 3.63) is 56.0 Å². The Balaban J connectivity index is 2.58. The van der Waals surface area contributed by atoms with Gasteiger partial charge in [0.05, 0.1) is 15.1 Å². The fourth-order valence-electron chi connectivity index (χ4n) is 1.92. The number of benzene rings is 2. The molecule has 5 heteroatoms. The maximum Gasteiger partial charge on any atom is 0.0778 e. The van der Waals surface area contributed by atoms with E-state index in [9.17, 15) is 0 Å². The second-order valence-corrected chi connectivity index (χ2v) is 5.72. The zero-order chi connectivity index (χ0) is 14.0. The molecular formula is C14H11Cl4N. The summed E-state index contributed by atoms with van der Waals surface area (Å²) in [6.07, 6.45) is 0.730. The van der Waals surface area contributed by atoms with Crippen LogP contribution in [0.5, 0.6) is 0 Å². The van der Waals surface area contributed by atoms with Gasteiger partial charge in [-0.25, -0.2) is 0 Å². The highest BCUT2D eigenvalue weighted by molar-refractivity contribution is 6.48. The van der Waals surface area contributed by atoms with Crippen molar-refractivity contribution in [2.75, 3.05) is 6.54 Å². The molecular weight excluding hydrogens is 324 g/mol. The lowest BCUT2D eigenvalue weighted by molar-refractivity contribution is 0.971. The van der Waals surface area contributed by atoms with Gasteiger partial charge in [0.15, 0.2) is 0 Å². The molecule has 0 unspecified atom stereocenters. The first-order valence-electron chi connectivity index (χ1n) is 5.66. The smallest absolute Gasteiger partial charge is 0.0778 e. The largest absolute Gasteiger partial charge is 0.330 e. The molecule has 0 amide bonds. The second-order valence-electron chi connectivity index (χ2n) is 4.09. The van der Waals surface area contributed by atoms with Crippen LogP contribution in [-0.4, -0.2) is 6.54 Å². The van der Waals surface area contributed by atoms with Gasteiger partial charge in [-0.15, -0.1) is 0 Å². The lowest BCUT2D eigenvalue weighted by Crippen LogP contribution is -2.04. The molecule has 0 saturated heterocycles. The third-order valence-electron chi connectivity index (χ3n) is 2.78. The van der Waals surface area contributed by atoms with Gasteiger partial charge >= 0.3 is 0 Å². The summed E-state index contributed by atoms with van der Waals surface area (Å²) >= 11 is 24.1. The molecule has 0 spiro atoms. The molecule has 100 valence electrons. The zero-order valence-electron chi connectivity index (χ0n) is 9.89. The van der Waals surface area contributed by atoms with Crippen LogP contribution in [0.15, 0.2) is 30.3 Å². The lowest BCUT2D eigenvalue weighted by Gasteiger charge is -2.11. The maximum absolute atomic E-state index is 6.06. The van der Waals surface area contributed by atoms with Crippen LogP contribution >= 0.6 is 46.4 Å². The fourth-order valence-corrected chi connectivity index (χ4v) is 2.71. The minimum absolute atomic E-state index is 0.362. The molecule has 0 aliphatic rings. The molecule has 0 atom stereocenters. The van der Waals surface area contributed by atoms with Crippen molar-refractivity contribution in [1.29, 1.82) is 0 Å². The van der Waals surface area contributed by atoms with Gasteiger partial charge in [0.1, 0.15) is 0 Å².